The lowest BCUT2D eigenvalue weighted by molar-refractivity contribution is -0.133. The molecule has 1 aliphatic heterocycles. The Balaban J connectivity index is 1.78. The molecular formula is C18H18ClN3O4. The van der Waals surface area contributed by atoms with Gasteiger partial charge >= 0.3 is 6.03 Å². The summed E-state index contributed by atoms with van der Waals surface area (Å²) in [6.07, 6.45) is 0. The number of hydrogen-bond donors (Lipinski definition) is 2. The number of carbonyl (C=O) groups excluding carboxylic acids is 3. The number of urea groups is 1. The van der Waals surface area contributed by atoms with Gasteiger partial charge in [0.05, 0.1) is 10.7 Å². The van der Waals surface area contributed by atoms with Crippen molar-refractivity contribution >= 4 is 35.1 Å². The lowest BCUT2D eigenvalue weighted by Gasteiger charge is -2.21. The molecule has 2 heterocycles. The predicted octanol–water partition coefficient (Wildman–Crippen LogP) is 2.96. The Kier molecular flexibility index (Phi) is 4.50. The molecule has 1 aliphatic rings. The second-order valence-electron chi connectivity index (χ2n) is 6.30. The molecular weight excluding hydrogens is 358 g/mol. The molecule has 4 amide bonds. The van der Waals surface area contributed by atoms with E-state index >= 15 is 0 Å². The van der Waals surface area contributed by atoms with Crippen molar-refractivity contribution < 1.29 is 18.8 Å². The highest BCUT2D eigenvalue weighted by Crippen LogP contribution is 2.32. The van der Waals surface area contributed by atoms with Crippen LogP contribution in [0.1, 0.15) is 24.0 Å². The van der Waals surface area contributed by atoms with Crippen molar-refractivity contribution in [3.05, 3.63) is 52.4 Å². The van der Waals surface area contributed by atoms with Crippen LogP contribution in [0.15, 0.2) is 34.7 Å². The first-order chi connectivity index (χ1) is 12.2. The van der Waals surface area contributed by atoms with Gasteiger partial charge < -0.3 is 15.1 Å². The summed E-state index contributed by atoms with van der Waals surface area (Å²) in [4.78, 5) is 38.3. The van der Waals surface area contributed by atoms with Crippen LogP contribution >= 0.6 is 11.6 Å². The highest BCUT2D eigenvalue weighted by molar-refractivity contribution is 6.33. The van der Waals surface area contributed by atoms with Crippen molar-refractivity contribution in [3.8, 4) is 0 Å². The van der Waals surface area contributed by atoms with Crippen molar-refractivity contribution in [1.29, 1.82) is 0 Å². The summed E-state index contributed by atoms with van der Waals surface area (Å²) in [7, 11) is 0. The van der Waals surface area contributed by atoms with E-state index in [4.69, 9.17) is 16.0 Å². The lowest BCUT2D eigenvalue weighted by Crippen LogP contribution is -2.42. The molecule has 3 rings (SSSR count). The maximum Gasteiger partial charge on any atom is 0.325 e. The molecule has 136 valence electrons. The molecule has 2 N–H and O–H groups in total. The normalized spacial score (nSPS) is 19.6. The molecule has 7 nitrogen and oxygen atoms in total. The van der Waals surface area contributed by atoms with Gasteiger partial charge in [-0.05, 0) is 39.0 Å². The predicted molar refractivity (Wildman–Crippen MR) is 95.9 cm³/mol. The van der Waals surface area contributed by atoms with E-state index in [2.05, 4.69) is 10.6 Å². The quantitative estimate of drug-likeness (QED) is 0.803. The largest absolute Gasteiger partial charge is 0.466 e. The molecule has 26 heavy (non-hydrogen) atoms. The third kappa shape index (κ3) is 3.06. The molecule has 0 aliphatic carbocycles. The molecule has 1 aromatic carbocycles. The summed E-state index contributed by atoms with van der Waals surface area (Å²) in [6.45, 7) is 4.66. The molecule has 0 bridgehead atoms. The van der Waals surface area contributed by atoms with Crippen LogP contribution < -0.4 is 10.6 Å². The van der Waals surface area contributed by atoms with Gasteiger partial charge in [0.2, 0.25) is 5.91 Å². The molecule has 8 heteroatoms. The van der Waals surface area contributed by atoms with Crippen molar-refractivity contribution in [2.45, 2.75) is 26.3 Å². The average molecular weight is 376 g/mol. The highest BCUT2D eigenvalue weighted by Gasteiger charge is 2.51. The van der Waals surface area contributed by atoms with E-state index in [-0.39, 0.29) is 0 Å². The summed E-state index contributed by atoms with van der Waals surface area (Å²) < 4.78 is 5.47. The zero-order valence-corrected chi connectivity index (χ0v) is 15.3. The zero-order chi connectivity index (χ0) is 19.1. The molecule has 2 aromatic rings. The minimum atomic E-state index is -1.27. The molecule has 1 saturated heterocycles. The molecule has 1 fully saturated rings. The summed E-state index contributed by atoms with van der Waals surface area (Å²) in [6, 6.07) is 7.79. The van der Waals surface area contributed by atoms with E-state index in [9.17, 15) is 14.4 Å². The number of anilines is 1. The van der Waals surface area contributed by atoms with E-state index in [1.54, 1.807) is 51.1 Å². The van der Waals surface area contributed by atoms with E-state index in [1.165, 1.54) is 0 Å². The zero-order valence-electron chi connectivity index (χ0n) is 14.6. The van der Waals surface area contributed by atoms with Crippen LogP contribution in [0.5, 0.6) is 0 Å². The van der Waals surface area contributed by atoms with Crippen molar-refractivity contribution in [2.24, 2.45) is 0 Å². The number of furan rings is 1. The Morgan fingerprint density at radius 2 is 2.00 bits per heavy atom. The van der Waals surface area contributed by atoms with Crippen LogP contribution in [-0.2, 0) is 15.1 Å². The number of carbonyl (C=O) groups is 3. The van der Waals surface area contributed by atoms with E-state index in [0.717, 1.165) is 4.90 Å². The number of benzene rings is 1. The minimum absolute atomic E-state index is 0.368. The second-order valence-corrected chi connectivity index (χ2v) is 6.71. The van der Waals surface area contributed by atoms with E-state index < -0.39 is 29.9 Å². The molecule has 0 spiro atoms. The fourth-order valence-electron chi connectivity index (χ4n) is 3.05. The number of halogens is 1. The first-order valence-electron chi connectivity index (χ1n) is 7.98. The molecule has 0 unspecified atom stereocenters. The monoisotopic (exact) mass is 375 g/mol. The first kappa shape index (κ1) is 18.0. The third-order valence-electron chi connectivity index (χ3n) is 4.30. The van der Waals surface area contributed by atoms with Gasteiger partial charge in [-0.1, -0.05) is 23.7 Å². The molecule has 1 atom stereocenters. The fourth-order valence-corrected chi connectivity index (χ4v) is 3.23. The van der Waals surface area contributed by atoms with E-state index in [1.807, 2.05) is 0 Å². The van der Waals surface area contributed by atoms with Crippen LogP contribution in [0.4, 0.5) is 10.5 Å². The highest BCUT2D eigenvalue weighted by atomic mass is 35.5. The van der Waals surface area contributed by atoms with Crippen LogP contribution in [0.3, 0.4) is 0 Å². The number of aryl methyl sites for hydroxylation is 2. The van der Waals surface area contributed by atoms with Gasteiger partial charge in [0.1, 0.15) is 23.6 Å². The van der Waals surface area contributed by atoms with Gasteiger partial charge in [0, 0.05) is 5.56 Å². The Hall–Kier alpha value is -2.80. The number of hydrogen-bond acceptors (Lipinski definition) is 4. The van der Waals surface area contributed by atoms with Crippen LogP contribution in [0.2, 0.25) is 5.02 Å². The van der Waals surface area contributed by atoms with Crippen LogP contribution in [0.25, 0.3) is 0 Å². The maximum atomic E-state index is 12.8. The van der Waals surface area contributed by atoms with Gasteiger partial charge in [-0.25, -0.2) is 4.79 Å². The first-order valence-corrected chi connectivity index (χ1v) is 8.36. The van der Waals surface area contributed by atoms with Crippen molar-refractivity contribution in [1.82, 2.24) is 10.2 Å². The van der Waals surface area contributed by atoms with Crippen LogP contribution in [-0.4, -0.2) is 29.3 Å². The number of rotatable bonds is 4. The van der Waals surface area contributed by atoms with Gasteiger partial charge in [-0.2, -0.15) is 0 Å². The molecule has 0 radical (unpaired) electrons. The topological polar surface area (TPSA) is 91.7 Å². The molecule has 1 aromatic heterocycles. The van der Waals surface area contributed by atoms with Crippen molar-refractivity contribution in [2.75, 3.05) is 11.9 Å². The Bertz CT molecular complexity index is 908. The fraction of sp³-hybridized carbons (Fsp3) is 0.278. The Morgan fingerprint density at radius 3 is 2.62 bits per heavy atom. The Morgan fingerprint density at radius 1 is 1.31 bits per heavy atom. The third-order valence-corrected chi connectivity index (χ3v) is 4.63. The standard InChI is InChI=1S/C18H18ClN3O4/c1-10-8-12(11(2)26-10)18(3)16(24)22(17(25)21-18)9-15(23)20-14-7-5-4-6-13(14)19/h4-8H,9H2,1-3H3,(H,20,23)(H,21,25)/t18-/m0/s1. The van der Waals surface area contributed by atoms with Crippen molar-refractivity contribution in [3.63, 3.8) is 0 Å². The summed E-state index contributed by atoms with van der Waals surface area (Å²) >= 11 is 6.00. The van der Waals surface area contributed by atoms with Gasteiger partial charge in [0.15, 0.2) is 0 Å². The van der Waals surface area contributed by atoms with Gasteiger partial charge in [-0.3, -0.25) is 14.5 Å². The number of imide groups is 1. The second kappa shape index (κ2) is 6.49. The number of para-hydroxylation sites is 1. The van der Waals surface area contributed by atoms with Crippen LogP contribution in [0, 0.1) is 13.8 Å². The van der Waals surface area contributed by atoms with Gasteiger partial charge in [0.25, 0.3) is 5.91 Å². The SMILES string of the molecule is Cc1cc([C@]2(C)NC(=O)N(CC(=O)Nc3ccccc3Cl)C2=O)c(C)o1. The maximum absolute atomic E-state index is 12.8. The Labute approximate surface area is 155 Å². The average Bonchev–Trinajstić information content (AvgIpc) is 3.02. The van der Waals surface area contributed by atoms with E-state index in [0.29, 0.717) is 27.8 Å². The summed E-state index contributed by atoms with van der Waals surface area (Å²) in [5.41, 5.74) is -0.290. The number of amides is 4. The minimum Gasteiger partial charge on any atom is -0.466 e. The number of nitrogens with one attached hydrogen (secondary N) is 2. The summed E-state index contributed by atoms with van der Waals surface area (Å²) in [5.74, 6) is 0.142. The summed E-state index contributed by atoms with van der Waals surface area (Å²) in [5, 5.41) is 5.62. The lowest BCUT2D eigenvalue weighted by atomic mass is 9.92. The smallest absolute Gasteiger partial charge is 0.325 e. The van der Waals surface area contributed by atoms with Gasteiger partial charge in [-0.15, -0.1) is 0 Å². The molecule has 0 saturated carbocycles. The number of nitrogens with zero attached hydrogens (tertiary/aromatic N) is 1.